The highest BCUT2D eigenvalue weighted by atomic mass is 32.2. The molecule has 3 aromatic carbocycles. The number of anilines is 3. The molecule has 3 saturated carbocycles. The van der Waals surface area contributed by atoms with Crippen LogP contribution in [0.3, 0.4) is 0 Å². The van der Waals surface area contributed by atoms with E-state index in [0.717, 1.165) is 105 Å². The van der Waals surface area contributed by atoms with Crippen molar-refractivity contribution in [1.82, 2.24) is 35.6 Å². The maximum Gasteiger partial charge on any atom is 0.280 e. The third-order valence-corrected chi connectivity index (χ3v) is 17.8. The molecule has 3 fully saturated rings. The quantitative estimate of drug-likeness (QED) is 0.0332. The van der Waals surface area contributed by atoms with Gasteiger partial charge in [0.2, 0.25) is 5.82 Å². The van der Waals surface area contributed by atoms with Crippen molar-refractivity contribution < 1.29 is 37.3 Å². The summed E-state index contributed by atoms with van der Waals surface area (Å²) in [5.74, 6) is -0.932. The van der Waals surface area contributed by atoms with Crippen LogP contribution in [0.15, 0.2) is 122 Å². The molecule has 3 aliphatic rings. The van der Waals surface area contributed by atoms with Crippen LogP contribution in [0.5, 0.6) is 0 Å². The van der Waals surface area contributed by atoms with Crippen molar-refractivity contribution in [3.05, 3.63) is 118 Å². The van der Waals surface area contributed by atoms with Crippen LogP contribution in [-0.2, 0) is 50.5 Å². The molecule has 0 aliphatic heterocycles. The predicted molar refractivity (Wildman–Crippen MR) is 320 cm³/mol. The van der Waals surface area contributed by atoms with Gasteiger partial charge in [0.25, 0.3) is 17.7 Å². The molecule has 4 aromatic heterocycles. The van der Waals surface area contributed by atoms with Crippen molar-refractivity contribution in [2.75, 3.05) is 34.7 Å². The number of carbonyl (C=O) groups is 3. The van der Waals surface area contributed by atoms with Crippen LogP contribution in [0.4, 0.5) is 15.4 Å². The van der Waals surface area contributed by atoms with Crippen LogP contribution >= 0.6 is 45.8 Å². The zero-order valence-electron chi connectivity index (χ0n) is 45.0. The number of H-pyrrole nitrogens is 1. The first kappa shape index (κ1) is 61.1. The van der Waals surface area contributed by atoms with Crippen LogP contribution in [-0.4, -0.2) is 116 Å². The van der Waals surface area contributed by atoms with E-state index in [1.54, 1.807) is 79.0 Å². The third kappa shape index (κ3) is 18.0. The summed E-state index contributed by atoms with van der Waals surface area (Å²) in [4.78, 5) is 71.4. The number of thioether (sulfide) groups is 1. The SMILES string of the molecule is CS(=O)c1ccc(/C(=N\OC2CCCC2)C(=O)Nc2ncc(-c3nn[nH]n3)s2)cc1.CS(=O)c1ccc(/C(=N\OC2CCCC2)C(=O)Nc2ncc(C#N)s2)cc1.CSc1ccc(/C(=N\OC2CCCC2)C(=O)Nc2ncc(C#N)s2)cc1. The lowest BCUT2D eigenvalue weighted by Gasteiger charge is -2.10. The Morgan fingerprint density at radius 2 is 0.940 bits per heavy atom. The Hall–Kier alpha value is -7.93. The van der Waals surface area contributed by atoms with Crippen molar-refractivity contribution in [3.8, 4) is 22.8 Å². The van der Waals surface area contributed by atoms with Gasteiger partial charge in [-0.25, -0.2) is 15.0 Å². The van der Waals surface area contributed by atoms with Gasteiger partial charge in [-0.05, 0) is 125 Å². The number of carbonyl (C=O) groups excluding carboxylic acids is 3. The Balaban J connectivity index is 0.000000163. The number of hydrogen-bond donors (Lipinski definition) is 4. The second kappa shape index (κ2) is 30.9. The molecule has 0 bridgehead atoms. The van der Waals surface area contributed by atoms with Gasteiger partial charge < -0.3 is 14.5 Å². The van der Waals surface area contributed by atoms with Crippen LogP contribution in [0.25, 0.3) is 10.7 Å². The van der Waals surface area contributed by atoms with Gasteiger partial charge >= 0.3 is 0 Å². The average molecular weight is 1230 g/mol. The van der Waals surface area contributed by atoms with E-state index in [1.807, 2.05) is 42.7 Å². The minimum Gasteiger partial charge on any atom is -0.392 e. The van der Waals surface area contributed by atoms with Crippen LogP contribution in [0, 0.1) is 22.7 Å². The zero-order chi connectivity index (χ0) is 58.5. The molecule has 23 nitrogen and oxygen atoms in total. The Morgan fingerprint density at radius 1 is 0.578 bits per heavy atom. The second-order valence-corrected chi connectivity index (χ2v) is 25.2. The van der Waals surface area contributed by atoms with Crippen LogP contribution < -0.4 is 16.0 Å². The van der Waals surface area contributed by atoms with Crippen molar-refractivity contribution in [3.63, 3.8) is 0 Å². The van der Waals surface area contributed by atoms with Gasteiger partial charge in [-0.3, -0.25) is 38.8 Å². The van der Waals surface area contributed by atoms with Gasteiger partial charge in [0.05, 0.1) is 23.5 Å². The van der Waals surface area contributed by atoms with E-state index < -0.39 is 39.3 Å². The Morgan fingerprint density at radius 3 is 1.27 bits per heavy atom. The summed E-state index contributed by atoms with van der Waals surface area (Å²) >= 11 is 5.05. The third-order valence-electron chi connectivity index (χ3n) is 12.7. The lowest BCUT2D eigenvalue weighted by molar-refractivity contribution is -0.111. The van der Waals surface area contributed by atoms with E-state index in [-0.39, 0.29) is 35.4 Å². The van der Waals surface area contributed by atoms with Crippen molar-refractivity contribution in [2.24, 2.45) is 15.5 Å². The first-order valence-electron chi connectivity index (χ1n) is 25.9. The summed E-state index contributed by atoms with van der Waals surface area (Å²) in [6.45, 7) is 0. The average Bonchev–Trinajstić information content (AvgIpc) is 4.37. The first-order valence-corrected chi connectivity index (χ1v) is 32.7. The number of hydrogen-bond acceptors (Lipinski definition) is 23. The zero-order valence-corrected chi connectivity index (χ0v) is 49.9. The summed E-state index contributed by atoms with van der Waals surface area (Å²) in [6, 6.07) is 25.2. The first-order chi connectivity index (χ1) is 40.4. The highest BCUT2D eigenvalue weighted by Gasteiger charge is 2.25. The van der Waals surface area contributed by atoms with Crippen molar-refractivity contribution in [2.45, 2.75) is 110 Å². The number of nitrogens with one attached hydrogen (secondary N) is 4. The van der Waals surface area contributed by atoms with Gasteiger partial charge in [0, 0.05) is 65.5 Å². The molecule has 2 atom stereocenters. The highest BCUT2D eigenvalue weighted by Crippen LogP contribution is 2.28. The second-order valence-electron chi connectivity index (χ2n) is 18.5. The Bertz CT molecular complexity index is 3540. The fourth-order valence-electron chi connectivity index (χ4n) is 8.33. The summed E-state index contributed by atoms with van der Waals surface area (Å²) in [5, 5.41) is 53.1. The van der Waals surface area contributed by atoms with Crippen LogP contribution in [0.1, 0.15) is 103 Å². The number of oxime groups is 3. The van der Waals surface area contributed by atoms with Crippen LogP contribution in [0.2, 0.25) is 0 Å². The molecule has 2 unspecified atom stereocenters. The van der Waals surface area contributed by atoms with Gasteiger partial charge in [0.1, 0.15) is 40.2 Å². The molecular formula is C54H55N15O8S6. The number of tetrazole rings is 1. The molecule has 83 heavy (non-hydrogen) atoms. The number of nitriles is 2. The Labute approximate surface area is 498 Å². The predicted octanol–water partition coefficient (Wildman–Crippen LogP) is 9.46. The number of nitrogens with zero attached hydrogens (tertiary/aromatic N) is 11. The molecule has 3 aliphatic carbocycles. The molecule has 29 heteroatoms. The molecule has 4 heterocycles. The fraction of sp³-hybridized carbons (Fsp3) is 0.333. The molecule has 0 spiro atoms. The van der Waals surface area contributed by atoms with E-state index in [1.165, 1.54) is 23.7 Å². The maximum atomic E-state index is 13.0. The summed E-state index contributed by atoms with van der Waals surface area (Å²) in [7, 11) is -2.22. The molecule has 430 valence electrons. The summed E-state index contributed by atoms with van der Waals surface area (Å²) in [5.41, 5.74) is 2.25. The lowest BCUT2D eigenvalue weighted by atomic mass is 10.1. The van der Waals surface area contributed by atoms with Gasteiger partial charge in [0.15, 0.2) is 32.5 Å². The normalized spacial score (nSPS) is 15.6. The van der Waals surface area contributed by atoms with E-state index in [4.69, 9.17) is 25.0 Å². The molecule has 10 rings (SSSR count). The number of aromatic nitrogens is 7. The topological polar surface area (TPSA) is 327 Å². The van der Waals surface area contributed by atoms with Crippen molar-refractivity contribution >= 4 is 118 Å². The van der Waals surface area contributed by atoms with E-state index in [0.29, 0.717) is 62.3 Å². The summed E-state index contributed by atoms with van der Waals surface area (Å²) in [6.07, 6.45) is 21.9. The minimum absolute atomic E-state index is 0.0138. The molecule has 0 radical (unpaired) electrons. The summed E-state index contributed by atoms with van der Waals surface area (Å²) < 4.78 is 23.2. The smallest absolute Gasteiger partial charge is 0.280 e. The standard InChI is InChI=1S/C18H19N7O3S2.C18H18N4O3S2.C18H18N4O2S2/c1-30(27)13-8-6-11(7-9-13)15(23-28-12-4-2-3-5-12)17(26)20-18-19-10-14(29-18)16-21-24-25-22-16;1-27(24)15-8-6-12(7-9-15)16(22-25-13-4-2-3-5-13)17(23)21-18-20-11-14(10-19)26-18;1-25-14-8-6-12(7-9-14)16(22-24-13-4-2-3-5-13)17(23)21-18-20-11-15(10-19)26-18/h6-10,12H,2-5H2,1H3,(H,19,20,26)(H,21,22,24,25);6-9,11,13H,2-5H2,1H3,(H,20,21,23);6-9,11,13H,2-5H2,1H3,(H,20,21,23)/b23-15+;2*22-16+. The van der Waals surface area contributed by atoms with Crippen molar-refractivity contribution in [1.29, 1.82) is 10.5 Å². The minimum atomic E-state index is -1.11. The maximum absolute atomic E-state index is 13.0. The molecular weight excluding hydrogens is 1180 g/mol. The molecule has 0 saturated heterocycles. The number of thiazole rings is 3. The lowest BCUT2D eigenvalue weighted by Crippen LogP contribution is -2.25. The van der Waals surface area contributed by atoms with E-state index >= 15 is 0 Å². The largest absolute Gasteiger partial charge is 0.392 e. The number of amides is 3. The van der Waals surface area contributed by atoms with Gasteiger partial charge in [-0.1, -0.05) is 85.9 Å². The van der Waals surface area contributed by atoms with E-state index in [9.17, 15) is 22.8 Å². The highest BCUT2D eigenvalue weighted by molar-refractivity contribution is 7.98. The monoisotopic (exact) mass is 1230 g/mol. The molecule has 3 amide bonds. The number of aromatic amines is 1. The number of rotatable bonds is 19. The number of benzene rings is 3. The van der Waals surface area contributed by atoms with Gasteiger partial charge in [-0.15, -0.1) is 22.0 Å². The fourth-order valence-corrected chi connectivity index (χ4v) is 11.7. The Kier molecular flexibility index (Phi) is 22.8. The molecule has 7 aromatic rings. The van der Waals surface area contributed by atoms with E-state index in [2.05, 4.69) is 67.0 Å². The van der Waals surface area contributed by atoms with Gasteiger partial charge in [-0.2, -0.15) is 15.7 Å². The molecule has 4 N–H and O–H groups in total.